The van der Waals surface area contributed by atoms with E-state index in [2.05, 4.69) is 15.0 Å². The fourth-order valence-electron chi connectivity index (χ4n) is 2.13. The summed E-state index contributed by atoms with van der Waals surface area (Å²) < 4.78 is 4.65. The van der Waals surface area contributed by atoms with Gasteiger partial charge in [0.15, 0.2) is 5.17 Å². The number of phenols is 1. The van der Waals surface area contributed by atoms with Crippen LogP contribution in [0.5, 0.6) is 5.75 Å². The van der Waals surface area contributed by atoms with Crippen LogP contribution >= 0.6 is 11.8 Å². The molecule has 1 fully saturated rings. The first-order valence-corrected chi connectivity index (χ1v) is 8.14. The Balaban J connectivity index is 1.80. The summed E-state index contributed by atoms with van der Waals surface area (Å²) in [6.45, 7) is 0. The summed E-state index contributed by atoms with van der Waals surface area (Å²) >= 11 is 1.18. The van der Waals surface area contributed by atoms with Crippen molar-refractivity contribution in [3.05, 3.63) is 64.6 Å². The van der Waals surface area contributed by atoms with Crippen molar-refractivity contribution in [1.82, 2.24) is 5.32 Å². The second-order valence-corrected chi connectivity index (χ2v) is 6.11. The third-order valence-corrected chi connectivity index (χ3v) is 4.29. The number of hydrogen-bond acceptors (Lipinski definition) is 6. The molecule has 2 aromatic carbocycles. The summed E-state index contributed by atoms with van der Waals surface area (Å²) in [5.74, 6) is -0.638. The van der Waals surface area contributed by atoms with Gasteiger partial charge in [-0.1, -0.05) is 24.3 Å². The minimum atomic E-state index is -0.413. The Bertz CT molecular complexity index is 888. The maximum atomic E-state index is 12.1. The van der Waals surface area contributed by atoms with Crippen LogP contribution in [0.25, 0.3) is 6.08 Å². The van der Waals surface area contributed by atoms with Crippen molar-refractivity contribution in [2.75, 3.05) is 7.11 Å². The summed E-state index contributed by atoms with van der Waals surface area (Å²) in [7, 11) is 1.32. The standard InChI is InChI=1S/C18H14N2O4S/c1-24-17(23)12-8-6-11(7-9-12)10-15-16(22)20-18(25-15)19-13-4-2-3-5-14(13)21/h2-10,21H,1H3,(H,19,20,22)/b15-10-. The molecule has 2 N–H and O–H groups in total. The number of methoxy groups -OCH3 is 1. The molecule has 0 spiro atoms. The zero-order chi connectivity index (χ0) is 17.8. The van der Waals surface area contributed by atoms with E-state index in [1.807, 2.05) is 0 Å². The number of aromatic hydroxyl groups is 1. The first-order chi connectivity index (χ1) is 12.1. The number of carbonyl (C=O) groups is 2. The Morgan fingerprint density at radius 2 is 1.92 bits per heavy atom. The van der Waals surface area contributed by atoms with Gasteiger partial charge in [0.05, 0.1) is 17.6 Å². The molecule has 0 bridgehead atoms. The smallest absolute Gasteiger partial charge is 0.337 e. The SMILES string of the molecule is COC(=O)c1ccc(/C=C2\SC(=Nc3ccccc3O)NC2=O)cc1. The number of nitrogens with zero attached hydrogens (tertiary/aromatic N) is 1. The van der Waals surface area contributed by atoms with Gasteiger partial charge >= 0.3 is 5.97 Å². The van der Waals surface area contributed by atoms with Crippen molar-refractivity contribution >= 4 is 40.6 Å². The lowest BCUT2D eigenvalue weighted by Gasteiger charge is -2.00. The lowest BCUT2D eigenvalue weighted by atomic mass is 10.1. The van der Waals surface area contributed by atoms with Crippen molar-refractivity contribution in [3.8, 4) is 5.75 Å². The Morgan fingerprint density at radius 3 is 2.60 bits per heavy atom. The quantitative estimate of drug-likeness (QED) is 0.653. The molecule has 6 nitrogen and oxygen atoms in total. The minimum Gasteiger partial charge on any atom is -0.506 e. The number of carbonyl (C=O) groups excluding carboxylic acids is 2. The molecule has 0 atom stereocenters. The van der Waals surface area contributed by atoms with E-state index in [9.17, 15) is 14.7 Å². The molecule has 25 heavy (non-hydrogen) atoms. The van der Waals surface area contributed by atoms with Gasteiger partial charge in [-0.2, -0.15) is 0 Å². The van der Waals surface area contributed by atoms with E-state index >= 15 is 0 Å². The van der Waals surface area contributed by atoms with Crippen molar-refractivity contribution in [2.24, 2.45) is 4.99 Å². The summed E-state index contributed by atoms with van der Waals surface area (Å²) in [6, 6.07) is 13.3. The van der Waals surface area contributed by atoms with Crippen molar-refractivity contribution in [3.63, 3.8) is 0 Å². The van der Waals surface area contributed by atoms with Crippen LogP contribution < -0.4 is 5.32 Å². The molecule has 0 unspecified atom stereocenters. The van der Waals surface area contributed by atoms with Gasteiger partial charge in [-0.25, -0.2) is 9.79 Å². The highest BCUT2D eigenvalue weighted by Crippen LogP contribution is 2.31. The molecule has 0 saturated carbocycles. The number of para-hydroxylation sites is 2. The first-order valence-electron chi connectivity index (χ1n) is 7.33. The third-order valence-electron chi connectivity index (χ3n) is 3.38. The molecule has 0 radical (unpaired) electrons. The monoisotopic (exact) mass is 354 g/mol. The summed E-state index contributed by atoms with van der Waals surface area (Å²) in [5, 5.41) is 12.8. The predicted molar refractivity (Wildman–Crippen MR) is 96.7 cm³/mol. The normalized spacial score (nSPS) is 16.9. The van der Waals surface area contributed by atoms with Crippen LogP contribution in [0, 0.1) is 0 Å². The van der Waals surface area contributed by atoms with E-state index in [-0.39, 0.29) is 11.7 Å². The van der Waals surface area contributed by atoms with Gasteiger partial charge in [0.1, 0.15) is 11.4 Å². The zero-order valence-corrected chi connectivity index (χ0v) is 14.0. The van der Waals surface area contributed by atoms with E-state index in [1.54, 1.807) is 48.5 Å². The van der Waals surface area contributed by atoms with Gasteiger partial charge in [-0.15, -0.1) is 0 Å². The van der Waals surface area contributed by atoms with Gasteiger partial charge in [0.2, 0.25) is 0 Å². The summed E-state index contributed by atoms with van der Waals surface area (Å²) in [4.78, 5) is 28.2. The minimum absolute atomic E-state index is 0.0423. The number of aliphatic imine (C=N–C) groups is 1. The zero-order valence-electron chi connectivity index (χ0n) is 13.2. The average Bonchev–Trinajstić information content (AvgIpc) is 2.96. The van der Waals surface area contributed by atoms with E-state index in [4.69, 9.17) is 0 Å². The molecule has 7 heteroatoms. The molecule has 0 aromatic heterocycles. The predicted octanol–water partition coefficient (Wildman–Crippen LogP) is 3.07. The van der Waals surface area contributed by atoms with E-state index in [1.165, 1.54) is 24.9 Å². The number of thioether (sulfide) groups is 1. The molecular formula is C18H14N2O4S. The highest BCUT2D eigenvalue weighted by molar-refractivity contribution is 8.18. The maximum absolute atomic E-state index is 12.1. The number of rotatable bonds is 3. The number of nitrogens with one attached hydrogen (secondary N) is 1. The molecule has 1 heterocycles. The number of amides is 1. The van der Waals surface area contributed by atoms with Crippen LogP contribution in [0.4, 0.5) is 5.69 Å². The molecule has 1 aliphatic rings. The van der Waals surface area contributed by atoms with E-state index < -0.39 is 5.97 Å². The van der Waals surface area contributed by atoms with Crippen molar-refractivity contribution in [2.45, 2.75) is 0 Å². The maximum Gasteiger partial charge on any atom is 0.337 e. The van der Waals surface area contributed by atoms with Crippen LogP contribution in [-0.4, -0.2) is 29.3 Å². The average molecular weight is 354 g/mol. The van der Waals surface area contributed by atoms with Crippen LogP contribution in [0.3, 0.4) is 0 Å². The third kappa shape index (κ3) is 3.89. The Morgan fingerprint density at radius 1 is 1.20 bits per heavy atom. The fraction of sp³-hybridized carbons (Fsp3) is 0.0556. The Labute approximate surface area is 148 Å². The van der Waals surface area contributed by atoms with E-state index in [0.717, 1.165) is 5.56 Å². The molecule has 2 aromatic rings. The lowest BCUT2D eigenvalue weighted by Crippen LogP contribution is -2.19. The van der Waals surface area contributed by atoms with Gasteiger partial charge < -0.3 is 15.2 Å². The highest BCUT2D eigenvalue weighted by Gasteiger charge is 2.24. The first kappa shape index (κ1) is 16.8. The highest BCUT2D eigenvalue weighted by atomic mass is 32.2. The molecule has 126 valence electrons. The molecule has 0 aliphatic carbocycles. The lowest BCUT2D eigenvalue weighted by molar-refractivity contribution is -0.115. The summed E-state index contributed by atoms with van der Waals surface area (Å²) in [6.07, 6.45) is 1.70. The molecule has 1 aliphatic heterocycles. The van der Waals surface area contributed by atoms with Crippen LogP contribution in [-0.2, 0) is 9.53 Å². The Kier molecular flexibility index (Phi) is 4.85. The summed E-state index contributed by atoms with van der Waals surface area (Å²) in [5.41, 5.74) is 1.60. The number of ether oxygens (including phenoxy) is 1. The molecule has 1 saturated heterocycles. The van der Waals surface area contributed by atoms with Gasteiger partial charge in [0, 0.05) is 0 Å². The molecular weight excluding hydrogens is 340 g/mol. The van der Waals surface area contributed by atoms with E-state index in [0.29, 0.717) is 21.3 Å². The van der Waals surface area contributed by atoms with Crippen molar-refractivity contribution < 1.29 is 19.4 Å². The number of benzene rings is 2. The second-order valence-electron chi connectivity index (χ2n) is 5.08. The number of esters is 1. The van der Waals surface area contributed by atoms with Gasteiger partial charge in [-0.3, -0.25) is 4.79 Å². The number of phenolic OH excluding ortho intramolecular Hbond substituents is 1. The fourth-order valence-corrected chi connectivity index (χ4v) is 2.97. The van der Waals surface area contributed by atoms with Crippen LogP contribution in [0.2, 0.25) is 0 Å². The van der Waals surface area contributed by atoms with Crippen LogP contribution in [0.1, 0.15) is 15.9 Å². The molecule has 1 amide bonds. The number of amidine groups is 1. The van der Waals surface area contributed by atoms with Crippen molar-refractivity contribution in [1.29, 1.82) is 0 Å². The second kappa shape index (κ2) is 7.23. The molecule has 3 rings (SSSR count). The topological polar surface area (TPSA) is 88.0 Å². The number of hydrogen-bond donors (Lipinski definition) is 2. The van der Waals surface area contributed by atoms with Gasteiger partial charge in [0.25, 0.3) is 5.91 Å². The largest absolute Gasteiger partial charge is 0.506 e. The Hall–Kier alpha value is -3.06. The van der Waals surface area contributed by atoms with Crippen LogP contribution in [0.15, 0.2) is 58.4 Å². The van der Waals surface area contributed by atoms with Gasteiger partial charge in [-0.05, 0) is 47.7 Å².